The van der Waals surface area contributed by atoms with Gasteiger partial charge >= 0.3 is 0 Å². The molecule has 132 valence electrons. The molecule has 2 aromatic rings. The second kappa shape index (κ2) is 6.88. The van der Waals surface area contributed by atoms with E-state index in [4.69, 9.17) is 9.47 Å². The smallest absolute Gasteiger partial charge is 0.266 e. The number of aryl methyl sites for hydroxylation is 1. The Morgan fingerprint density at radius 2 is 1.92 bits per heavy atom. The molecule has 0 N–H and O–H groups in total. The van der Waals surface area contributed by atoms with Gasteiger partial charge in [0.05, 0.1) is 10.6 Å². The van der Waals surface area contributed by atoms with Crippen LogP contribution in [0.3, 0.4) is 0 Å². The number of rotatable bonds is 3. The molecule has 1 amide bonds. The number of hydrogen-bond donors (Lipinski definition) is 0. The van der Waals surface area contributed by atoms with Crippen molar-refractivity contribution in [2.75, 3.05) is 13.8 Å². The van der Waals surface area contributed by atoms with Gasteiger partial charge in [-0.15, -0.1) is 0 Å². The van der Waals surface area contributed by atoms with Crippen molar-refractivity contribution in [1.82, 2.24) is 4.90 Å². The summed E-state index contributed by atoms with van der Waals surface area (Å²) in [5.41, 5.74) is 3.00. The molecule has 0 aliphatic carbocycles. The van der Waals surface area contributed by atoms with Gasteiger partial charge in [0.2, 0.25) is 6.79 Å². The number of likely N-dealkylation sites (N-methyl/N-ethyl adjacent to an activating group) is 1. The summed E-state index contributed by atoms with van der Waals surface area (Å²) in [6.07, 6.45) is 2.85. The van der Waals surface area contributed by atoms with Crippen molar-refractivity contribution in [3.05, 3.63) is 58.5 Å². The summed E-state index contributed by atoms with van der Waals surface area (Å²) in [6.45, 7) is 2.35. The highest BCUT2D eigenvalue weighted by Crippen LogP contribution is 2.36. The summed E-state index contributed by atoms with van der Waals surface area (Å²) < 4.78 is 10.7. The van der Waals surface area contributed by atoms with Crippen LogP contribution in [0.15, 0.2) is 52.4 Å². The van der Waals surface area contributed by atoms with Crippen molar-refractivity contribution in [3.63, 3.8) is 0 Å². The van der Waals surface area contributed by atoms with Gasteiger partial charge in [0.1, 0.15) is 0 Å². The number of hydrogen-bond acceptors (Lipinski definition) is 5. The maximum Gasteiger partial charge on any atom is 0.266 e. The van der Waals surface area contributed by atoms with Crippen LogP contribution in [0.2, 0.25) is 0 Å². The van der Waals surface area contributed by atoms with E-state index in [0.29, 0.717) is 15.8 Å². The van der Waals surface area contributed by atoms with E-state index in [-0.39, 0.29) is 12.7 Å². The lowest BCUT2D eigenvalue weighted by Gasteiger charge is -2.07. The second-order valence-corrected chi connectivity index (χ2v) is 7.01. The average Bonchev–Trinajstić information content (AvgIpc) is 3.23. The van der Waals surface area contributed by atoms with E-state index >= 15 is 0 Å². The van der Waals surface area contributed by atoms with Crippen LogP contribution in [0.1, 0.15) is 18.1 Å². The zero-order valence-corrected chi connectivity index (χ0v) is 15.4. The summed E-state index contributed by atoms with van der Waals surface area (Å²) in [6, 6.07) is 13.7. The summed E-state index contributed by atoms with van der Waals surface area (Å²) in [4.78, 5) is 19.4. The Kier molecular flexibility index (Phi) is 4.42. The summed E-state index contributed by atoms with van der Waals surface area (Å²) in [7, 11) is 1.75. The largest absolute Gasteiger partial charge is 0.454 e. The molecule has 0 unspecified atom stereocenters. The number of fused-ring (bicyclic) bond motifs is 1. The van der Waals surface area contributed by atoms with Crippen molar-refractivity contribution in [2.24, 2.45) is 4.99 Å². The average molecular weight is 366 g/mol. The molecule has 5 nitrogen and oxygen atoms in total. The van der Waals surface area contributed by atoms with Gasteiger partial charge in [-0.1, -0.05) is 25.1 Å². The topological polar surface area (TPSA) is 51.1 Å². The Morgan fingerprint density at radius 1 is 1.15 bits per heavy atom. The van der Waals surface area contributed by atoms with Crippen molar-refractivity contribution in [3.8, 4) is 11.5 Å². The molecule has 2 heterocycles. The number of carbonyl (C=O) groups is 1. The molecule has 0 saturated carbocycles. The predicted octanol–water partition coefficient (Wildman–Crippen LogP) is 4.21. The van der Waals surface area contributed by atoms with E-state index in [2.05, 4.69) is 24.0 Å². The Balaban J connectivity index is 1.59. The van der Waals surface area contributed by atoms with Crippen LogP contribution < -0.4 is 9.47 Å². The first-order chi connectivity index (χ1) is 12.6. The number of ether oxygens (including phenoxy) is 2. The first kappa shape index (κ1) is 16.7. The summed E-state index contributed by atoms with van der Waals surface area (Å²) >= 11 is 1.38. The molecule has 6 heteroatoms. The number of aliphatic imine (C=N–C) groups is 1. The maximum atomic E-state index is 12.5. The van der Waals surface area contributed by atoms with Crippen molar-refractivity contribution >= 4 is 34.6 Å². The van der Waals surface area contributed by atoms with Crippen LogP contribution in [0.5, 0.6) is 11.5 Å². The molecule has 0 radical (unpaired) electrons. The van der Waals surface area contributed by atoms with E-state index in [1.807, 2.05) is 36.4 Å². The number of amidine groups is 1. The predicted molar refractivity (Wildman–Crippen MR) is 104 cm³/mol. The van der Waals surface area contributed by atoms with Gasteiger partial charge in [0, 0.05) is 7.05 Å². The fourth-order valence-electron chi connectivity index (χ4n) is 2.72. The van der Waals surface area contributed by atoms with Crippen LogP contribution in [-0.2, 0) is 11.2 Å². The zero-order chi connectivity index (χ0) is 18.1. The molecule has 0 spiro atoms. The van der Waals surface area contributed by atoms with Gasteiger partial charge < -0.3 is 9.47 Å². The third-order valence-corrected chi connectivity index (χ3v) is 5.33. The summed E-state index contributed by atoms with van der Waals surface area (Å²) in [5, 5.41) is 0.672. The summed E-state index contributed by atoms with van der Waals surface area (Å²) in [5.74, 6) is 1.37. The number of amides is 1. The van der Waals surface area contributed by atoms with E-state index in [9.17, 15) is 4.79 Å². The van der Waals surface area contributed by atoms with Crippen LogP contribution >= 0.6 is 11.8 Å². The minimum atomic E-state index is -0.0587. The SMILES string of the molecule is CCc1ccc(N=C2S/C(=C\c3ccc4c(c3)OCO4)C(=O)N2C)cc1. The molecule has 4 rings (SSSR count). The molecule has 1 saturated heterocycles. The highest BCUT2D eigenvalue weighted by atomic mass is 32.2. The zero-order valence-electron chi connectivity index (χ0n) is 14.6. The first-order valence-electron chi connectivity index (χ1n) is 8.39. The minimum absolute atomic E-state index is 0.0587. The molecule has 0 atom stereocenters. The van der Waals surface area contributed by atoms with Gasteiger partial charge in [-0.2, -0.15) is 0 Å². The fraction of sp³-hybridized carbons (Fsp3) is 0.200. The number of carbonyl (C=O) groups excluding carboxylic acids is 1. The van der Waals surface area contributed by atoms with Crippen molar-refractivity contribution < 1.29 is 14.3 Å². The van der Waals surface area contributed by atoms with Crippen LogP contribution in [0.4, 0.5) is 5.69 Å². The monoisotopic (exact) mass is 366 g/mol. The number of thioether (sulfide) groups is 1. The molecule has 2 aliphatic heterocycles. The highest BCUT2D eigenvalue weighted by molar-refractivity contribution is 8.18. The van der Waals surface area contributed by atoms with Crippen LogP contribution in [-0.4, -0.2) is 29.8 Å². The van der Waals surface area contributed by atoms with E-state index in [0.717, 1.165) is 23.4 Å². The first-order valence-corrected chi connectivity index (χ1v) is 9.20. The third kappa shape index (κ3) is 3.20. The van der Waals surface area contributed by atoms with Gasteiger partial charge in [-0.3, -0.25) is 9.69 Å². The molecule has 26 heavy (non-hydrogen) atoms. The van der Waals surface area contributed by atoms with Gasteiger partial charge in [0.15, 0.2) is 16.7 Å². The molecular weight excluding hydrogens is 348 g/mol. The highest BCUT2D eigenvalue weighted by Gasteiger charge is 2.30. The van der Waals surface area contributed by atoms with Gasteiger partial charge in [0.25, 0.3) is 5.91 Å². The standard InChI is InChI=1S/C20H18N2O3S/c1-3-13-4-7-15(8-5-13)21-20-22(2)19(23)18(26-20)11-14-6-9-16-17(10-14)25-12-24-16/h4-11H,3,12H2,1-2H3/b18-11-,21-20?. The van der Waals surface area contributed by atoms with Gasteiger partial charge in [-0.25, -0.2) is 4.99 Å². The second-order valence-electron chi connectivity index (χ2n) is 6.00. The lowest BCUT2D eigenvalue weighted by molar-refractivity contribution is -0.121. The van der Waals surface area contributed by atoms with Crippen molar-refractivity contribution in [2.45, 2.75) is 13.3 Å². The van der Waals surface area contributed by atoms with E-state index in [1.165, 1.54) is 17.3 Å². The molecule has 0 bridgehead atoms. The lowest BCUT2D eigenvalue weighted by atomic mass is 10.2. The maximum absolute atomic E-state index is 12.5. The minimum Gasteiger partial charge on any atom is -0.454 e. The Labute approximate surface area is 156 Å². The lowest BCUT2D eigenvalue weighted by Crippen LogP contribution is -2.23. The molecule has 1 fully saturated rings. The fourth-order valence-corrected chi connectivity index (χ4v) is 3.71. The van der Waals surface area contributed by atoms with Crippen LogP contribution in [0, 0.1) is 0 Å². The third-order valence-electron chi connectivity index (χ3n) is 4.27. The van der Waals surface area contributed by atoms with Crippen molar-refractivity contribution in [1.29, 1.82) is 0 Å². The quantitative estimate of drug-likeness (QED) is 0.764. The van der Waals surface area contributed by atoms with Crippen LogP contribution in [0.25, 0.3) is 6.08 Å². The van der Waals surface area contributed by atoms with E-state index < -0.39 is 0 Å². The van der Waals surface area contributed by atoms with Gasteiger partial charge in [-0.05, 0) is 59.7 Å². The Hall–Kier alpha value is -2.73. The van der Waals surface area contributed by atoms with E-state index in [1.54, 1.807) is 11.9 Å². The number of benzene rings is 2. The molecule has 2 aliphatic rings. The Bertz CT molecular complexity index is 919. The number of nitrogens with zero attached hydrogens (tertiary/aromatic N) is 2. The molecule has 2 aromatic carbocycles. The Morgan fingerprint density at radius 3 is 2.69 bits per heavy atom. The molecule has 0 aromatic heterocycles. The normalized spacial score (nSPS) is 19.0. The molecular formula is C20H18N2O3S.